The van der Waals surface area contributed by atoms with E-state index in [4.69, 9.17) is 34.1 Å². The molecule has 0 fully saturated rings. The first-order chi connectivity index (χ1) is 60.9. The molecule has 116 heavy (non-hydrogen) atoms. The van der Waals surface area contributed by atoms with Crippen molar-refractivity contribution in [3.8, 4) is 89.5 Å². The molecular formula is C104H92N8O4+4. The molecule has 0 N–H and O–H groups in total. The van der Waals surface area contributed by atoms with Gasteiger partial charge in [0.1, 0.15) is 28.2 Å². The summed E-state index contributed by atoms with van der Waals surface area (Å²) in [7, 11) is 7.72. The lowest BCUT2D eigenvalue weighted by Crippen LogP contribution is -2.31. The summed E-state index contributed by atoms with van der Waals surface area (Å²) in [6, 6.07) is 79.6. The Bertz CT molecular complexity index is 7770. The van der Waals surface area contributed by atoms with Crippen LogP contribution in [-0.4, -0.2) is 19.9 Å². The van der Waals surface area contributed by atoms with Gasteiger partial charge in [0.25, 0.3) is 0 Å². The van der Waals surface area contributed by atoms with Crippen LogP contribution in [0.4, 0.5) is 0 Å². The molecule has 12 heteroatoms. The fourth-order valence-corrected chi connectivity index (χ4v) is 16.0. The molecule has 0 bridgehead atoms. The molecule has 0 unspecified atom stereocenters. The van der Waals surface area contributed by atoms with Crippen LogP contribution in [0.2, 0.25) is 0 Å². The number of fused-ring (bicyclic) bond motifs is 12. The van der Waals surface area contributed by atoms with Crippen LogP contribution in [0.5, 0.6) is 0 Å². The molecule has 0 saturated heterocycles. The minimum Gasteiger partial charge on any atom is -0.437 e. The molecule has 0 atom stereocenters. The quantitative estimate of drug-likeness (QED) is 0.138. The first-order valence-corrected chi connectivity index (χ1v) is 38.5. The van der Waals surface area contributed by atoms with Crippen molar-refractivity contribution in [3.05, 3.63) is 335 Å². The summed E-state index contributed by atoms with van der Waals surface area (Å²) < 4.78 is 130. The van der Waals surface area contributed by atoms with Crippen LogP contribution >= 0.6 is 0 Å². The van der Waals surface area contributed by atoms with Crippen molar-refractivity contribution in [2.75, 3.05) is 0 Å². The smallest absolute Gasteiger partial charge is 0.227 e. The van der Waals surface area contributed by atoms with Crippen molar-refractivity contribution < 1.29 is 52.4 Å². The van der Waals surface area contributed by atoms with Crippen LogP contribution in [0.1, 0.15) is 83.7 Å². The largest absolute Gasteiger partial charge is 0.437 e. The summed E-state index contributed by atoms with van der Waals surface area (Å²) in [5.74, 6) is 0. The monoisotopic (exact) mass is 1530 g/mol. The molecule has 8 aromatic carbocycles. The number of rotatable bonds is 8. The molecule has 0 radical (unpaired) electrons. The number of benzene rings is 8. The second kappa shape index (κ2) is 30.6. The van der Waals surface area contributed by atoms with Crippen molar-refractivity contribution in [2.45, 2.75) is 82.8 Å². The second-order valence-electron chi connectivity index (χ2n) is 30.0. The minimum atomic E-state index is -2.36. The zero-order valence-corrected chi connectivity index (χ0v) is 66.6. The molecule has 12 nitrogen and oxygen atoms in total. The Hall–Kier alpha value is -13.8. The van der Waals surface area contributed by atoms with Crippen molar-refractivity contribution in [3.63, 3.8) is 0 Å². The highest BCUT2D eigenvalue weighted by molar-refractivity contribution is 6.13. The number of hydrogen-bond acceptors (Lipinski definition) is 8. The van der Waals surface area contributed by atoms with Crippen LogP contribution in [0.25, 0.3) is 178 Å². The third-order valence-electron chi connectivity index (χ3n) is 21.9. The van der Waals surface area contributed by atoms with E-state index in [9.17, 15) is 0 Å². The van der Waals surface area contributed by atoms with Crippen molar-refractivity contribution >= 4 is 88.3 Å². The molecule has 0 amide bonds. The number of hydrogen-bond donors (Lipinski definition) is 0. The number of furan rings is 4. The summed E-state index contributed by atoms with van der Waals surface area (Å²) in [6.07, 6.45) is 7.47. The average molecular weight is 1530 g/mol. The molecule has 12 aromatic heterocycles. The number of nitrogens with zero attached hydrogens (tertiary/aromatic N) is 8. The first kappa shape index (κ1) is 61.7. The fourth-order valence-electron chi connectivity index (χ4n) is 16.0. The van der Waals surface area contributed by atoms with Crippen LogP contribution in [0.3, 0.4) is 0 Å². The van der Waals surface area contributed by atoms with E-state index < -0.39 is 27.4 Å². The maximum Gasteiger partial charge on any atom is 0.227 e. The van der Waals surface area contributed by atoms with Crippen molar-refractivity contribution in [1.82, 2.24) is 19.9 Å². The van der Waals surface area contributed by atoms with Gasteiger partial charge in [0, 0.05) is 130 Å². The summed E-state index contributed by atoms with van der Waals surface area (Å²) in [6.45, 7) is 6.46. The van der Waals surface area contributed by atoms with Gasteiger partial charge in [-0.1, -0.05) is 158 Å². The summed E-state index contributed by atoms with van der Waals surface area (Å²) >= 11 is 0. The maximum atomic E-state index is 8.17. The Morgan fingerprint density at radius 3 is 0.905 bits per heavy atom. The van der Waals surface area contributed by atoms with Gasteiger partial charge in [-0.3, -0.25) is 0 Å². The van der Waals surface area contributed by atoms with E-state index in [1.807, 2.05) is 217 Å². The van der Waals surface area contributed by atoms with Crippen molar-refractivity contribution in [1.29, 1.82) is 0 Å². The molecule has 12 heterocycles. The molecule has 20 aromatic rings. The standard InChI is InChI=1S/C27H25N2O.2C26H23N2O.C25H21N2O/c1-16-13-17(2)25(26-24(16)21-12-11-19(4)28-27(21)30-26)23-14-22(18(3)15-29(23)5)20-9-7-6-8-10-20;1-16-10-12-20-21-13-11-18(3)27-26(21)29-25(20)24(16)23-14-22(17(2)15-28(23)4)19-8-6-5-7-9-19;1-16-14-17(2)24(25-23(16)21-11-10-18(3)27-26(21)29-25)22-15-20(12-13-28(22)4)19-8-6-5-7-9-19;1-16-9-11-20-21-12-10-17(2)26-25(21)28-24(20)23(16)22-15-19(13-14-27(22)3)18-7-5-4-6-8-18/h6-15H,1-5H3;2*5-15H,1-4H3;4-15H,1-3H3/q4*+1/i1D3,3D3;2D3;1D3;. The molecule has 0 aliphatic rings. The van der Waals surface area contributed by atoms with Gasteiger partial charge in [-0.2, -0.15) is 0 Å². The predicted octanol–water partition coefficient (Wildman–Crippen LogP) is 24.3. The van der Waals surface area contributed by atoms with E-state index in [1.54, 1.807) is 36.1 Å². The van der Waals surface area contributed by atoms with Gasteiger partial charge in [-0.05, 0) is 209 Å². The first-order valence-electron chi connectivity index (χ1n) is 44.5. The van der Waals surface area contributed by atoms with E-state index in [-0.39, 0.29) is 11.1 Å². The highest BCUT2D eigenvalue weighted by Crippen LogP contribution is 2.44. The highest BCUT2D eigenvalue weighted by atomic mass is 16.4. The Balaban J connectivity index is 0.000000120. The molecule has 0 spiro atoms. The zero-order chi connectivity index (χ0) is 90.5. The van der Waals surface area contributed by atoms with E-state index in [0.29, 0.717) is 89.3 Å². The Kier molecular flexibility index (Phi) is 16.3. The van der Waals surface area contributed by atoms with Crippen LogP contribution in [-0.2, 0) is 28.2 Å². The number of aryl methyl sites for hydroxylation is 16. The normalized spacial score (nSPS) is 13.4. The fraction of sp³-hybridized carbons (Fsp3) is 0.154. The number of pyridine rings is 8. The Morgan fingerprint density at radius 1 is 0.250 bits per heavy atom. The third-order valence-corrected chi connectivity index (χ3v) is 21.9. The minimum absolute atomic E-state index is 0.202. The van der Waals surface area contributed by atoms with Crippen LogP contribution in [0, 0.1) is 82.8 Å². The molecule has 0 aliphatic heterocycles. The topological polar surface area (TPSA) is 120 Å². The number of aromatic nitrogens is 8. The second-order valence-corrected chi connectivity index (χ2v) is 30.0. The lowest BCUT2D eigenvalue weighted by Gasteiger charge is -2.11. The van der Waals surface area contributed by atoms with E-state index >= 15 is 0 Å². The van der Waals surface area contributed by atoms with Crippen molar-refractivity contribution in [2.24, 2.45) is 28.2 Å². The van der Waals surface area contributed by atoms with Gasteiger partial charge >= 0.3 is 0 Å². The van der Waals surface area contributed by atoms with Gasteiger partial charge in [0.05, 0.1) is 22.3 Å². The van der Waals surface area contributed by atoms with E-state index in [0.717, 1.165) is 128 Å². The predicted molar refractivity (Wildman–Crippen MR) is 471 cm³/mol. The highest BCUT2D eigenvalue weighted by Gasteiger charge is 2.29. The maximum absolute atomic E-state index is 8.17. The van der Waals surface area contributed by atoms with E-state index in [2.05, 4.69) is 136 Å². The summed E-state index contributed by atoms with van der Waals surface area (Å²) in [5, 5.41) is 6.59. The van der Waals surface area contributed by atoms with Crippen LogP contribution in [0.15, 0.2) is 285 Å². The lowest BCUT2D eigenvalue weighted by atomic mass is 9.94. The lowest BCUT2D eigenvalue weighted by molar-refractivity contribution is -0.660. The Labute approximate surface area is 692 Å². The SMILES string of the molecule is Cc1ccc2c(n1)oc1c(-c3cc(-c4ccccc4)cc[n+]3C)c(C)ccc12.[2H]C([2H])([2H])c1c[n+](C)c(-c2c(C)cc(C([2H])([2H])[2H])c3c2oc2nc(C)ccc23)cc1-c1ccccc1.[2H]C([2H])([2H])c1c[n+](C)c(-c2c(C)ccc3c2oc2nc(C)ccc23)cc1-c1ccccc1.[2H]C([2H])([2H])c1cc(C)c(-c2cc(-c3ccccc3)cc[n+]2C)c2oc3nc(C)ccc3c12. The third kappa shape index (κ3) is 13.9. The van der Waals surface area contributed by atoms with Gasteiger partial charge in [-0.25, -0.2) is 38.2 Å². The summed E-state index contributed by atoms with van der Waals surface area (Å²) in [4.78, 5) is 18.2. The van der Waals surface area contributed by atoms with Crippen LogP contribution < -0.4 is 18.3 Å². The van der Waals surface area contributed by atoms with Gasteiger partial charge in [-0.15, -0.1) is 0 Å². The van der Waals surface area contributed by atoms with Gasteiger partial charge in [0.2, 0.25) is 45.6 Å². The molecule has 0 aliphatic carbocycles. The van der Waals surface area contributed by atoms with Gasteiger partial charge in [0.15, 0.2) is 47.1 Å². The average Bonchev–Trinajstić information content (AvgIpc) is 1.49. The molecule has 20 rings (SSSR count). The summed E-state index contributed by atoms with van der Waals surface area (Å²) in [5.41, 5.74) is 27.9. The van der Waals surface area contributed by atoms with Gasteiger partial charge < -0.3 is 17.7 Å². The zero-order valence-electron chi connectivity index (χ0n) is 78.6. The van der Waals surface area contributed by atoms with E-state index in [1.165, 1.54) is 16.7 Å². The molecule has 0 saturated carbocycles. The molecule has 568 valence electrons. The Morgan fingerprint density at radius 2 is 0.552 bits per heavy atom. The molecular weight excluding hydrogens is 1430 g/mol.